The molecular formula is C11H10N4O4S. The van der Waals surface area contributed by atoms with Crippen LogP contribution in [0.1, 0.15) is 15.9 Å². The van der Waals surface area contributed by atoms with Gasteiger partial charge in [0.1, 0.15) is 6.54 Å². The lowest BCUT2D eigenvalue weighted by Gasteiger charge is -2.02. The van der Waals surface area contributed by atoms with Crippen LogP contribution in [0.25, 0.3) is 0 Å². The van der Waals surface area contributed by atoms with Crippen LogP contribution in [0.4, 0.5) is 0 Å². The van der Waals surface area contributed by atoms with Crippen molar-refractivity contribution in [3.8, 4) is 0 Å². The second-order valence-electron chi connectivity index (χ2n) is 3.80. The molecule has 0 spiro atoms. The van der Waals surface area contributed by atoms with Crippen molar-refractivity contribution >= 4 is 23.7 Å². The lowest BCUT2D eigenvalue weighted by molar-refractivity contribution is -0.138. The fourth-order valence-corrected chi connectivity index (χ4v) is 2.25. The fraction of sp³-hybridized carbons (Fsp3) is 0.182. The summed E-state index contributed by atoms with van der Waals surface area (Å²) in [6, 6.07) is 6.42. The van der Waals surface area contributed by atoms with Crippen LogP contribution in [0.15, 0.2) is 29.4 Å². The summed E-state index contributed by atoms with van der Waals surface area (Å²) in [5.74, 6) is -1.49. The number of thioether (sulfide) groups is 1. The van der Waals surface area contributed by atoms with Gasteiger partial charge in [0.15, 0.2) is 0 Å². The normalized spacial score (nSPS) is 10.4. The Morgan fingerprint density at radius 1 is 1.20 bits per heavy atom. The Kier molecular flexibility index (Phi) is 4.31. The first-order valence-electron chi connectivity index (χ1n) is 5.49. The molecule has 2 aromatic rings. The van der Waals surface area contributed by atoms with E-state index < -0.39 is 11.9 Å². The number of rotatable bonds is 6. The minimum absolute atomic E-state index is 0.217. The third-order valence-electron chi connectivity index (χ3n) is 2.35. The number of carboxylic acid groups (broad SMARTS) is 2. The molecule has 9 heteroatoms. The van der Waals surface area contributed by atoms with Gasteiger partial charge < -0.3 is 10.2 Å². The van der Waals surface area contributed by atoms with Crippen molar-refractivity contribution in [3.05, 3.63) is 35.4 Å². The molecular weight excluding hydrogens is 284 g/mol. The highest BCUT2D eigenvalue weighted by molar-refractivity contribution is 7.98. The number of carboxylic acids is 2. The number of nitrogens with zero attached hydrogens (tertiary/aromatic N) is 4. The number of benzene rings is 1. The average molecular weight is 294 g/mol. The van der Waals surface area contributed by atoms with Gasteiger partial charge in [0.25, 0.3) is 0 Å². The number of carbonyl (C=O) groups is 2. The van der Waals surface area contributed by atoms with E-state index >= 15 is 0 Å². The number of aromatic carboxylic acids is 1. The third-order valence-corrected chi connectivity index (χ3v) is 3.38. The summed E-state index contributed by atoms with van der Waals surface area (Å²) in [6.45, 7) is -0.298. The van der Waals surface area contributed by atoms with Crippen molar-refractivity contribution < 1.29 is 19.8 Å². The van der Waals surface area contributed by atoms with E-state index in [1.165, 1.54) is 28.6 Å². The number of tetrazole rings is 1. The topological polar surface area (TPSA) is 118 Å². The summed E-state index contributed by atoms with van der Waals surface area (Å²) in [5.41, 5.74) is 1.11. The first kappa shape index (κ1) is 14.0. The summed E-state index contributed by atoms with van der Waals surface area (Å²) in [5, 5.41) is 28.6. The summed E-state index contributed by atoms with van der Waals surface area (Å²) in [6.07, 6.45) is 0. The maximum atomic E-state index is 10.7. The minimum atomic E-state index is -1.02. The van der Waals surface area contributed by atoms with Gasteiger partial charge >= 0.3 is 11.9 Å². The number of hydrogen-bond acceptors (Lipinski definition) is 6. The Morgan fingerprint density at radius 2 is 1.90 bits per heavy atom. The second-order valence-corrected chi connectivity index (χ2v) is 4.75. The highest BCUT2D eigenvalue weighted by atomic mass is 32.2. The molecule has 1 aromatic carbocycles. The molecule has 0 aliphatic rings. The summed E-state index contributed by atoms with van der Waals surface area (Å²) >= 11 is 1.28. The van der Waals surface area contributed by atoms with Crippen LogP contribution in [0, 0.1) is 0 Å². The van der Waals surface area contributed by atoms with Gasteiger partial charge in [-0.05, 0) is 28.1 Å². The molecule has 0 fully saturated rings. The fourth-order valence-electron chi connectivity index (χ4n) is 1.42. The molecule has 0 aliphatic carbocycles. The van der Waals surface area contributed by atoms with E-state index in [1.54, 1.807) is 12.1 Å². The molecule has 104 valence electrons. The highest BCUT2D eigenvalue weighted by Gasteiger charge is 2.10. The molecule has 0 saturated heterocycles. The molecule has 2 rings (SSSR count). The van der Waals surface area contributed by atoms with E-state index in [0.29, 0.717) is 10.9 Å². The molecule has 8 nitrogen and oxygen atoms in total. The molecule has 0 saturated carbocycles. The monoisotopic (exact) mass is 294 g/mol. The molecule has 0 aliphatic heterocycles. The first-order valence-corrected chi connectivity index (χ1v) is 6.48. The van der Waals surface area contributed by atoms with Gasteiger partial charge in [-0.1, -0.05) is 23.9 Å². The van der Waals surface area contributed by atoms with Crippen molar-refractivity contribution in [1.82, 2.24) is 20.2 Å². The van der Waals surface area contributed by atoms with Crippen LogP contribution >= 0.6 is 11.8 Å². The maximum absolute atomic E-state index is 10.7. The standard InChI is InChI=1S/C11H10N4O4S/c16-9(17)5-15-11(12-13-14-15)20-6-7-1-3-8(4-2-7)10(18)19/h1-4H,5-6H2,(H,16,17)(H,18,19). The second kappa shape index (κ2) is 6.15. The van der Waals surface area contributed by atoms with Gasteiger partial charge in [-0.3, -0.25) is 4.79 Å². The van der Waals surface area contributed by atoms with Gasteiger partial charge in [-0.15, -0.1) is 5.10 Å². The van der Waals surface area contributed by atoms with Gasteiger partial charge in [0, 0.05) is 5.75 Å². The molecule has 0 atom stereocenters. The molecule has 1 heterocycles. The largest absolute Gasteiger partial charge is 0.480 e. The van der Waals surface area contributed by atoms with E-state index in [2.05, 4.69) is 15.5 Å². The first-order chi connectivity index (χ1) is 9.56. The molecule has 0 amide bonds. The van der Waals surface area contributed by atoms with Crippen molar-refractivity contribution in [2.75, 3.05) is 0 Å². The van der Waals surface area contributed by atoms with Gasteiger partial charge in [-0.25, -0.2) is 9.48 Å². The predicted octanol–water partition coefficient (Wildman–Crippen LogP) is 0.748. The smallest absolute Gasteiger partial charge is 0.335 e. The van der Waals surface area contributed by atoms with Gasteiger partial charge in [-0.2, -0.15) is 0 Å². The summed E-state index contributed by atoms with van der Waals surface area (Å²) < 4.78 is 1.19. The SMILES string of the molecule is O=C(O)Cn1nnnc1SCc1ccc(C(=O)O)cc1. The van der Waals surface area contributed by atoms with E-state index in [9.17, 15) is 9.59 Å². The molecule has 2 N–H and O–H groups in total. The third kappa shape index (κ3) is 3.54. The number of aromatic nitrogens is 4. The van der Waals surface area contributed by atoms with E-state index in [0.717, 1.165) is 5.56 Å². The van der Waals surface area contributed by atoms with Crippen molar-refractivity contribution in [1.29, 1.82) is 0 Å². The Bertz CT molecular complexity index is 626. The quantitative estimate of drug-likeness (QED) is 0.749. The van der Waals surface area contributed by atoms with Crippen molar-refractivity contribution in [2.24, 2.45) is 0 Å². The van der Waals surface area contributed by atoms with Crippen LogP contribution in [-0.4, -0.2) is 42.4 Å². The number of aliphatic carboxylic acids is 1. The van der Waals surface area contributed by atoms with Crippen molar-refractivity contribution in [3.63, 3.8) is 0 Å². The van der Waals surface area contributed by atoms with Gasteiger partial charge in [0.2, 0.25) is 5.16 Å². The summed E-state index contributed by atoms with van der Waals surface area (Å²) in [7, 11) is 0. The zero-order valence-electron chi connectivity index (χ0n) is 10.1. The Hall–Kier alpha value is -2.42. The summed E-state index contributed by atoms with van der Waals surface area (Å²) in [4.78, 5) is 21.3. The van der Waals surface area contributed by atoms with Gasteiger partial charge in [0.05, 0.1) is 5.56 Å². The molecule has 20 heavy (non-hydrogen) atoms. The lowest BCUT2D eigenvalue weighted by Crippen LogP contribution is -2.11. The highest BCUT2D eigenvalue weighted by Crippen LogP contribution is 2.20. The van der Waals surface area contributed by atoms with Crippen molar-refractivity contribution in [2.45, 2.75) is 17.5 Å². The van der Waals surface area contributed by atoms with Crippen LogP contribution in [0.3, 0.4) is 0 Å². The Labute approximate surface area is 117 Å². The molecule has 0 radical (unpaired) electrons. The maximum Gasteiger partial charge on any atom is 0.335 e. The van der Waals surface area contributed by atoms with Crippen LogP contribution < -0.4 is 0 Å². The Morgan fingerprint density at radius 3 is 2.50 bits per heavy atom. The molecule has 0 bridgehead atoms. The Balaban J connectivity index is 2.00. The van der Waals surface area contributed by atoms with E-state index in [4.69, 9.17) is 10.2 Å². The lowest BCUT2D eigenvalue weighted by atomic mass is 10.1. The molecule has 1 aromatic heterocycles. The molecule has 0 unspecified atom stereocenters. The average Bonchev–Trinajstić information content (AvgIpc) is 2.83. The van der Waals surface area contributed by atoms with Crippen LogP contribution in [0.5, 0.6) is 0 Å². The van der Waals surface area contributed by atoms with Crippen LogP contribution in [0.2, 0.25) is 0 Å². The number of hydrogen-bond donors (Lipinski definition) is 2. The zero-order valence-corrected chi connectivity index (χ0v) is 10.9. The minimum Gasteiger partial charge on any atom is -0.480 e. The van der Waals surface area contributed by atoms with E-state index in [-0.39, 0.29) is 12.1 Å². The predicted molar refractivity (Wildman–Crippen MR) is 68.4 cm³/mol. The van der Waals surface area contributed by atoms with E-state index in [1.807, 2.05) is 0 Å². The van der Waals surface area contributed by atoms with Crippen LogP contribution in [-0.2, 0) is 17.1 Å². The zero-order chi connectivity index (χ0) is 14.5.